The molecule has 0 saturated carbocycles. The zero-order chi connectivity index (χ0) is 15.5. The van der Waals surface area contributed by atoms with Gasteiger partial charge in [-0.3, -0.25) is 0 Å². The standard InChI is InChI=1S/C21H19OP/c1-3-11-18(12-4-1)23(19-13-5-2-6-14-19)20-15-7-9-17-10-8-16-22-21(17)20/h1-7,9,11-15H,8,10,16H2. The second kappa shape index (κ2) is 6.56. The highest BCUT2D eigenvalue weighted by Gasteiger charge is 2.23. The quantitative estimate of drug-likeness (QED) is 0.668. The van der Waals surface area contributed by atoms with Gasteiger partial charge in [0, 0.05) is 5.30 Å². The fourth-order valence-electron chi connectivity index (χ4n) is 3.13. The Bertz CT molecular complexity index is 744. The summed E-state index contributed by atoms with van der Waals surface area (Å²) in [5, 5.41) is 4.09. The Balaban J connectivity index is 1.90. The lowest BCUT2D eigenvalue weighted by molar-refractivity contribution is 0.291. The second-order valence-electron chi connectivity index (χ2n) is 5.72. The van der Waals surface area contributed by atoms with Crippen molar-refractivity contribution in [3.05, 3.63) is 84.4 Å². The molecule has 0 unspecified atom stereocenters. The van der Waals surface area contributed by atoms with Crippen LogP contribution in [0.4, 0.5) is 0 Å². The Kier molecular flexibility index (Phi) is 4.13. The van der Waals surface area contributed by atoms with Gasteiger partial charge in [0.2, 0.25) is 0 Å². The minimum atomic E-state index is -0.586. The summed E-state index contributed by atoms with van der Waals surface area (Å²) in [5.74, 6) is 1.12. The first-order chi connectivity index (χ1) is 11.4. The molecular weight excluding hydrogens is 299 g/mol. The maximum absolute atomic E-state index is 6.09. The largest absolute Gasteiger partial charge is 0.493 e. The van der Waals surface area contributed by atoms with Crippen molar-refractivity contribution in [2.24, 2.45) is 0 Å². The van der Waals surface area contributed by atoms with Crippen LogP contribution < -0.4 is 20.7 Å². The summed E-state index contributed by atoms with van der Waals surface area (Å²) in [4.78, 5) is 0. The predicted molar refractivity (Wildman–Crippen MR) is 99.0 cm³/mol. The molecule has 3 aromatic rings. The fraction of sp³-hybridized carbons (Fsp3) is 0.143. The molecule has 0 aromatic heterocycles. The van der Waals surface area contributed by atoms with Crippen LogP contribution >= 0.6 is 7.92 Å². The van der Waals surface area contributed by atoms with E-state index in [2.05, 4.69) is 78.9 Å². The number of hydrogen-bond donors (Lipinski definition) is 0. The molecule has 0 saturated heterocycles. The number of hydrogen-bond acceptors (Lipinski definition) is 1. The van der Waals surface area contributed by atoms with Gasteiger partial charge in [-0.2, -0.15) is 0 Å². The zero-order valence-electron chi connectivity index (χ0n) is 13.0. The average Bonchev–Trinajstić information content (AvgIpc) is 2.64. The van der Waals surface area contributed by atoms with Gasteiger partial charge in [0.1, 0.15) is 5.75 Å². The summed E-state index contributed by atoms with van der Waals surface area (Å²) in [7, 11) is -0.586. The van der Waals surface area contributed by atoms with Crippen LogP contribution in [-0.2, 0) is 6.42 Å². The van der Waals surface area contributed by atoms with Gasteiger partial charge in [0.05, 0.1) is 6.61 Å². The van der Waals surface area contributed by atoms with Gasteiger partial charge >= 0.3 is 0 Å². The van der Waals surface area contributed by atoms with E-state index < -0.39 is 7.92 Å². The number of aryl methyl sites for hydroxylation is 1. The van der Waals surface area contributed by atoms with E-state index in [9.17, 15) is 0 Å². The lowest BCUT2D eigenvalue weighted by atomic mass is 10.1. The highest BCUT2D eigenvalue weighted by atomic mass is 31.1. The van der Waals surface area contributed by atoms with Gasteiger partial charge in [-0.25, -0.2) is 0 Å². The number of ether oxygens (including phenoxy) is 1. The normalized spacial score (nSPS) is 13.4. The number of para-hydroxylation sites is 1. The Morgan fingerprint density at radius 1 is 0.696 bits per heavy atom. The lowest BCUT2D eigenvalue weighted by Gasteiger charge is -2.26. The molecule has 1 heterocycles. The molecule has 0 fully saturated rings. The van der Waals surface area contributed by atoms with Crippen molar-refractivity contribution in [3.63, 3.8) is 0 Å². The lowest BCUT2D eigenvalue weighted by Crippen LogP contribution is -2.24. The first-order valence-electron chi connectivity index (χ1n) is 8.08. The van der Waals surface area contributed by atoms with Crippen LogP contribution in [0.1, 0.15) is 12.0 Å². The molecule has 4 rings (SSSR count). The molecule has 0 radical (unpaired) electrons. The van der Waals surface area contributed by atoms with Crippen molar-refractivity contribution in [1.82, 2.24) is 0 Å². The van der Waals surface area contributed by atoms with Crippen molar-refractivity contribution < 1.29 is 4.74 Å². The molecule has 0 amide bonds. The third-order valence-corrected chi connectivity index (χ3v) is 6.65. The molecule has 3 aromatic carbocycles. The molecule has 114 valence electrons. The van der Waals surface area contributed by atoms with E-state index in [1.54, 1.807) is 0 Å². The van der Waals surface area contributed by atoms with Gasteiger partial charge in [-0.15, -0.1) is 0 Å². The van der Waals surface area contributed by atoms with Crippen LogP contribution in [0.15, 0.2) is 78.9 Å². The molecule has 0 bridgehead atoms. The highest BCUT2D eigenvalue weighted by molar-refractivity contribution is 7.80. The summed E-state index contributed by atoms with van der Waals surface area (Å²) < 4.78 is 6.09. The van der Waals surface area contributed by atoms with Crippen LogP contribution in [0.2, 0.25) is 0 Å². The first kappa shape index (κ1) is 14.5. The van der Waals surface area contributed by atoms with E-state index in [1.807, 2.05) is 0 Å². The fourth-order valence-corrected chi connectivity index (χ4v) is 5.57. The van der Waals surface area contributed by atoms with E-state index in [1.165, 1.54) is 21.5 Å². The number of fused-ring (bicyclic) bond motifs is 1. The molecule has 1 nitrogen and oxygen atoms in total. The number of benzene rings is 3. The number of rotatable bonds is 3. The van der Waals surface area contributed by atoms with Crippen molar-refractivity contribution in [2.75, 3.05) is 6.61 Å². The molecule has 0 aliphatic carbocycles. The van der Waals surface area contributed by atoms with Crippen LogP contribution in [-0.4, -0.2) is 6.61 Å². The van der Waals surface area contributed by atoms with Gasteiger partial charge in [0.25, 0.3) is 0 Å². The summed E-state index contributed by atoms with van der Waals surface area (Å²) >= 11 is 0. The molecule has 0 atom stereocenters. The van der Waals surface area contributed by atoms with E-state index in [-0.39, 0.29) is 0 Å². The highest BCUT2D eigenvalue weighted by Crippen LogP contribution is 2.38. The molecule has 1 aliphatic rings. The molecule has 2 heteroatoms. The van der Waals surface area contributed by atoms with Crippen molar-refractivity contribution in [2.45, 2.75) is 12.8 Å². The third-order valence-electron chi connectivity index (χ3n) is 4.18. The first-order valence-corrected chi connectivity index (χ1v) is 9.42. The molecule has 0 spiro atoms. The van der Waals surface area contributed by atoms with Gasteiger partial charge in [0.15, 0.2) is 0 Å². The SMILES string of the molecule is c1ccc(P(c2ccccc2)c2cccc3c2OCCC3)cc1. The Morgan fingerprint density at radius 3 is 2.00 bits per heavy atom. The Hall–Kier alpha value is -2.11. The van der Waals surface area contributed by atoms with Crippen LogP contribution in [0.5, 0.6) is 5.75 Å². The topological polar surface area (TPSA) is 9.23 Å². The summed E-state index contributed by atoms with van der Waals surface area (Å²) in [6.45, 7) is 0.830. The molecule has 0 N–H and O–H groups in total. The van der Waals surface area contributed by atoms with Crippen molar-refractivity contribution in [1.29, 1.82) is 0 Å². The smallest absolute Gasteiger partial charge is 0.130 e. The molecular formula is C21H19OP. The summed E-state index contributed by atoms with van der Waals surface area (Å²) in [6.07, 6.45) is 2.24. The monoisotopic (exact) mass is 318 g/mol. The maximum Gasteiger partial charge on any atom is 0.130 e. The maximum atomic E-state index is 6.09. The van der Waals surface area contributed by atoms with E-state index in [0.717, 1.165) is 25.2 Å². The second-order valence-corrected chi connectivity index (χ2v) is 7.91. The van der Waals surface area contributed by atoms with Crippen molar-refractivity contribution >= 4 is 23.8 Å². The third kappa shape index (κ3) is 2.90. The minimum absolute atomic E-state index is 0.586. The van der Waals surface area contributed by atoms with E-state index in [4.69, 9.17) is 4.74 Å². The van der Waals surface area contributed by atoms with Crippen molar-refractivity contribution in [3.8, 4) is 5.75 Å². The Morgan fingerprint density at radius 2 is 1.35 bits per heavy atom. The van der Waals surface area contributed by atoms with Gasteiger partial charge in [-0.05, 0) is 36.9 Å². The van der Waals surface area contributed by atoms with Gasteiger partial charge < -0.3 is 4.74 Å². The predicted octanol–water partition coefficient (Wildman–Crippen LogP) is 3.77. The average molecular weight is 318 g/mol. The van der Waals surface area contributed by atoms with Crippen LogP contribution in [0.3, 0.4) is 0 Å². The summed E-state index contributed by atoms with van der Waals surface area (Å²) in [5.41, 5.74) is 1.35. The summed E-state index contributed by atoms with van der Waals surface area (Å²) in [6, 6.07) is 28.3. The van der Waals surface area contributed by atoms with Gasteiger partial charge in [-0.1, -0.05) is 78.9 Å². The molecule has 1 aliphatic heterocycles. The van der Waals surface area contributed by atoms with E-state index in [0.29, 0.717) is 0 Å². The minimum Gasteiger partial charge on any atom is -0.493 e. The zero-order valence-corrected chi connectivity index (χ0v) is 13.9. The van der Waals surface area contributed by atoms with Crippen LogP contribution in [0, 0.1) is 0 Å². The molecule has 23 heavy (non-hydrogen) atoms. The van der Waals surface area contributed by atoms with Crippen LogP contribution in [0.25, 0.3) is 0 Å². The Labute approximate surface area is 138 Å². The van der Waals surface area contributed by atoms with E-state index >= 15 is 0 Å².